The van der Waals surface area contributed by atoms with E-state index in [4.69, 9.17) is 16.3 Å². The molecule has 1 aromatic heterocycles. The first-order valence-electron chi connectivity index (χ1n) is 7.01. The molecule has 108 valence electrons. The van der Waals surface area contributed by atoms with Crippen molar-refractivity contribution in [3.8, 4) is 5.75 Å². The van der Waals surface area contributed by atoms with Gasteiger partial charge in [-0.05, 0) is 49.7 Å². The molecule has 4 heteroatoms. The van der Waals surface area contributed by atoms with Gasteiger partial charge in [0.15, 0.2) is 0 Å². The standard InChI is InChI=1S/C17H17ClN2O/c1-3-20-16-8-7-13(18)10-15(16)19-17(20)11-21-14-6-4-5-12(2)9-14/h4-10H,3,11H2,1-2H3. The van der Waals surface area contributed by atoms with Gasteiger partial charge in [0.2, 0.25) is 0 Å². The van der Waals surface area contributed by atoms with Gasteiger partial charge in [0.05, 0.1) is 11.0 Å². The number of nitrogens with zero attached hydrogens (tertiary/aromatic N) is 2. The third-order valence-corrected chi connectivity index (χ3v) is 3.70. The summed E-state index contributed by atoms with van der Waals surface area (Å²) in [5.41, 5.74) is 3.18. The molecule has 0 aliphatic heterocycles. The van der Waals surface area contributed by atoms with Crippen LogP contribution in [0.2, 0.25) is 5.02 Å². The molecule has 0 aliphatic rings. The number of hydrogen-bond donors (Lipinski definition) is 0. The van der Waals surface area contributed by atoms with Crippen LogP contribution >= 0.6 is 11.6 Å². The Morgan fingerprint density at radius 3 is 2.81 bits per heavy atom. The summed E-state index contributed by atoms with van der Waals surface area (Å²) in [5, 5.41) is 0.703. The zero-order valence-electron chi connectivity index (χ0n) is 12.1. The van der Waals surface area contributed by atoms with Crippen LogP contribution in [0.25, 0.3) is 11.0 Å². The largest absolute Gasteiger partial charge is 0.486 e. The first-order valence-corrected chi connectivity index (χ1v) is 7.39. The Morgan fingerprint density at radius 1 is 1.19 bits per heavy atom. The van der Waals surface area contributed by atoms with Gasteiger partial charge in [-0.2, -0.15) is 0 Å². The Bertz CT molecular complexity index is 780. The van der Waals surface area contributed by atoms with Gasteiger partial charge in [0.25, 0.3) is 0 Å². The zero-order chi connectivity index (χ0) is 14.8. The maximum absolute atomic E-state index is 6.03. The second kappa shape index (κ2) is 5.78. The van der Waals surface area contributed by atoms with E-state index in [1.807, 2.05) is 36.4 Å². The lowest BCUT2D eigenvalue weighted by atomic mass is 10.2. The molecular formula is C17H17ClN2O. The number of benzene rings is 2. The molecule has 21 heavy (non-hydrogen) atoms. The van der Waals surface area contributed by atoms with Crippen LogP contribution in [0.15, 0.2) is 42.5 Å². The number of aromatic nitrogens is 2. The lowest BCUT2D eigenvalue weighted by Crippen LogP contribution is -2.06. The van der Waals surface area contributed by atoms with E-state index in [1.54, 1.807) is 0 Å². The van der Waals surface area contributed by atoms with Crippen LogP contribution in [-0.4, -0.2) is 9.55 Å². The van der Waals surface area contributed by atoms with Crippen LogP contribution in [0.3, 0.4) is 0 Å². The molecule has 0 unspecified atom stereocenters. The summed E-state index contributed by atoms with van der Waals surface area (Å²) in [5.74, 6) is 1.78. The van der Waals surface area contributed by atoms with E-state index in [0.29, 0.717) is 11.6 Å². The van der Waals surface area contributed by atoms with E-state index in [2.05, 4.69) is 29.5 Å². The van der Waals surface area contributed by atoms with Gasteiger partial charge in [0.1, 0.15) is 18.2 Å². The molecule has 0 saturated carbocycles. The van der Waals surface area contributed by atoms with Crippen molar-refractivity contribution in [2.75, 3.05) is 0 Å². The van der Waals surface area contributed by atoms with Crippen LogP contribution in [0.1, 0.15) is 18.3 Å². The van der Waals surface area contributed by atoms with Crippen LogP contribution < -0.4 is 4.74 Å². The maximum Gasteiger partial charge on any atom is 0.147 e. The van der Waals surface area contributed by atoms with E-state index >= 15 is 0 Å². The molecule has 0 aliphatic carbocycles. The van der Waals surface area contributed by atoms with Gasteiger partial charge < -0.3 is 9.30 Å². The molecule has 0 radical (unpaired) electrons. The number of rotatable bonds is 4. The Hall–Kier alpha value is -2.00. The van der Waals surface area contributed by atoms with E-state index in [0.717, 1.165) is 29.2 Å². The first kappa shape index (κ1) is 14.0. The normalized spacial score (nSPS) is 11.0. The summed E-state index contributed by atoms with van der Waals surface area (Å²) in [6.45, 7) is 5.45. The lowest BCUT2D eigenvalue weighted by molar-refractivity contribution is 0.290. The minimum Gasteiger partial charge on any atom is -0.486 e. The average Bonchev–Trinajstić information content (AvgIpc) is 2.81. The monoisotopic (exact) mass is 300 g/mol. The molecule has 3 aromatic rings. The number of ether oxygens (including phenoxy) is 1. The van der Waals surface area contributed by atoms with Gasteiger partial charge >= 0.3 is 0 Å². The average molecular weight is 301 g/mol. The topological polar surface area (TPSA) is 27.1 Å². The van der Waals surface area contributed by atoms with Crippen molar-refractivity contribution in [2.45, 2.75) is 27.0 Å². The van der Waals surface area contributed by atoms with Crippen molar-refractivity contribution in [3.05, 3.63) is 58.9 Å². The molecule has 1 heterocycles. The number of aryl methyl sites for hydroxylation is 2. The van der Waals surface area contributed by atoms with Crippen LogP contribution in [0.4, 0.5) is 0 Å². The van der Waals surface area contributed by atoms with Crippen molar-refractivity contribution in [1.29, 1.82) is 0 Å². The molecule has 3 rings (SSSR count). The summed E-state index contributed by atoms with van der Waals surface area (Å²) in [7, 11) is 0. The quantitative estimate of drug-likeness (QED) is 0.704. The summed E-state index contributed by atoms with van der Waals surface area (Å²) in [6.07, 6.45) is 0. The third-order valence-electron chi connectivity index (χ3n) is 3.46. The zero-order valence-corrected chi connectivity index (χ0v) is 12.9. The fourth-order valence-corrected chi connectivity index (χ4v) is 2.64. The van der Waals surface area contributed by atoms with E-state index < -0.39 is 0 Å². The van der Waals surface area contributed by atoms with Gasteiger partial charge in [-0.3, -0.25) is 0 Å². The number of fused-ring (bicyclic) bond motifs is 1. The molecule has 0 spiro atoms. The van der Waals surface area contributed by atoms with Crippen molar-refractivity contribution in [2.24, 2.45) is 0 Å². The van der Waals surface area contributed by atoms with Gasteiger partial charge in [-0.15, -0.1) is 0 Å². The summed E-state index contributed by atoms with van der Waals surface area (Å²) >= 11 is 6.03. The van der Waals surface area contributed by atoms with Gasteiger partial charge in [-0.1, -0.05) is 23.7 Å². The fourth-order valence-electron chi connectivity index (χ4n) is 2.47. The Balaban J connectivity index is 1.89. The fraction of sp³-hybridized carbons (Fsp3) is 0.235. The molecule has 0 fully saturated rings. The Morgan fingerprint density at radius 2 is 2.05 bits per heavy atom. The highest BCUT2D eigenvalue weighted by Crippen LogP contribution is 2.22. The molecule has 2 aromatic carbocycles. The third kappa shape index (κ3) is 2.88. The lowest BCUT2D eigenvalue weighted by Gasteiger charge is -2.08. The molecule has 0 bridgehead atoms. The Labute approximate surface area is 129 Å². The van der Waals surface area contributed by atoms with Crippen LogP contribution in [-0.2, 0) is 13.2 Å². The second-order valence-electron chi connectivity index (χ2n) is 5.01. The van der Waals surface area contributed by atoms with Crippen LogP contribution in [0, 0.1) is 6.92 Å². The van der Waals surface area contributed by atoms with E-state index in [-0.39, 0.29) is 0 Å². The highest BCUT2D eigenvalue weighted by molar-refractivity contribution is 6.31. The SMILES string of the molecule is CCn1c(COc2cccc(C)c2)nc2cc(Cl)ccc21. The highest BCUT2D eigenvalue weighted by Gasteiger charge is 2.10. The predicted octanol–water partition coefficient (Wildman–Crippen LogP) is 4.60. The first-order chi connectivity index (χ1) is 10.2. The van der Waals surface area contributed by atoms with Crippen molar-refractivity contribution >= 4 is 22.6 Å². The number of halogens is 1. The predicted molar refractivity (Wildman–Crippen MR) is 85.9 cm³/mol. The van der Waals surface area contributed by atoms with Gasteiger partial charge in [-0.25, -0.2) is 4.98 Å². The summed E-state index contributed by atoms with van der Waals surface area (Å²) in [4.78, 5) is 4.64. The summed E-state index contributed by atoms with van der Waals surface area (Å²) in [6, 6.07) is 13.8. The number of hydrogen-bond acceptors (Lipinski definition) is 2. The van der Waals surface area contributed by atoms with Crippen molar-refractivity contribution in [1.82, 2.24) is 9.55 Å². The maximum atomic E-state index is 6.03. The Kier molecular flexibility index (Phi) is 3.84. The molecule has 0 amide bonds. The number of imidazole rings is 1. The molecular weight excluding hydrogens is 284 g/mol. The van der Waals surface area contributed by atoms with Crippen molar-refractivity contribution in [3.63, 3.8) is 0 Å². The minimum absolute atomic E-state index is 0.448. The van der Waals surface area contributed by atoms with Crippen molar-refractivity contribution < 1.29 is 4.74 Å². The summed E-state index contributed by atoms with van der Waals surface area (Å²) < 4.78 is 8.01. The highest BCUT2D eigenvalue weighted by atomic mass is 35.5. The van der Waals surface area contributed by atoms with E-state index in [9.17, 15) is 0 Å². The van der Waals surface area contributed by atoms with E-state index in [1.165, 1.54) is 5.56 Å². The minimum atomic E-state index is 0.448. The molecule has 0 atom stereocenters. The second-order valence-corrected chi connectivity index (χ2v) is 5.45. The smallest absolute Gasteiger partial charge is 0.147 e. The van der Waals surface area contributed by atoms with Gasteiger partial charge in [0, 0.05) is 11.6 Å². The molecule has 0 saturated heterocycles. The molecule has 0 N–H and O–H groups in total. The van der Waals surface area contributed by atoms with Crippen LogP contribution in [0.5, 0.6) is 5.75 Å². The molecule has 3 nitrogen and oxygen atoms in total.